The first-order valence-electron chi connectivity index (χ1n) is 10.9. The standard InChI is InChI=1S/C24H20BrCl3F6N2O2/c1-2-3-19(22(38)35-11-23(29,30)31)36-21(37)14-6-4-12(8-16(14)25)5-7-15(24(32,33)34)13-9-17(26)20(28)18(27)10-13/h4-10,15,19H,2-3,11H2,1H3,(H,35,38)(H,36,37). The maximum atomic E-state index is 13.8. The van der Waals surface area contributed by atoms with E-state index in [1.54, 1.807) is 12.2 Å². The van der Waals surface area contributed by atoms with Gasteiger partial charge in [-0.15, -0.1) is 0 Å². The molecule has 0 aliphatic carbocycles. The van der Waals surface area contributed by atoms with Crippen molar-refractivity contribution in [3.05, 3.63) is 72.6 Å². The molecule has 0 heterocycles. The zero-order valence-corrected chi connectivity index (χ0v) is 23.3. The van der Waals surface area contributed by atoms with E-state index in [1.807, 2.05) is 0 Å². The molecule has 2 amide bonds. The molecule has 4 nitrogen and oxygen atoms in total. The first-order chi connectivity index (χ1) is 17.5. The third kappa shape index (κ3) is 9.36. The molecule has 0 aliphatic rings. The predicted octanol–water partition coefficient (Wildman–Crippen LogP) is 8.35. The van der Waals surface area contributed by atoms with E-state index in [-0.39, 0.29) is 37.1 Å². The summed E-state index contributed by atoms with van der Waals surface area (Å²) in [6.45, 7) is 0.146. The molecule has 0 bridgehead atoms. The van der Waals surface area contributed by atoms with E-state index < -0.39 is 42.7 Å². The summed E-state index contributed by atoms with van der Waals surface area (Å²) in [7, 11) is 0. The van der Waals surface area contributed by atoms with E-state index >= 15 is 0 Å². The highest BCUT2D eigenvalue weighted by Gasteiger charge is 2.39. The molecule has 2 aromatic rings. The van der Waals surface area contributed by atoms with Crippen molar-refractivity contribution in [3.8, 4) is 0 Å². The second-order valence-corrected chi connectivity index (χ2v) is 10.1. The molecule has 0 fully saturated rings. The van der Waals surface area contributed by atoms with Gasteiger partial charge < -0.3 is 10.6 Å². The van der Waals surface area contributed by atoms with Crippen molar-refractivity contribution in [2.45, 2.75) is 44.1 Å². The second kappa shape index (κ2) is 13.4. The summed E-state index contributed by atoms with van der Waals surface area (Å²) in [6, 6.07) is 4.96. The number of hydrogen-bond donors (Lipinski definition) is 2. The fraction of sp³-hybridized carbons (Fsp3) is 0.333. The van der Waals surface area contributed by atoms with E-state index in [9.17, 15) is 35.9 Å². The lowest BCUT2D eigenvalue weighted by Crippen LogP contribution is -2.48. The zero-order chi connectivity index (χ0) is 28.8. The van der Waals surface area contributed by atoms with Gasteiger partial charge in [0.15, 0.2) is 0 Å². The van der Waals surface area contributed by atoms with Gasteiger partial charge in [0.25, 0.3) is 5.91 Å². The summed E-state index contributed by atoms with van der Waals surface area (Å²) in [6.07, 6.45) is -6.73. The molecule has 0 radical (unpaired) electrons. The Labute approximate surface area is 237 Å². The van der Waals surface area contributed by atoms with Crippen molar-refractivity contribution in [2.75, 3.05) is 6.54 Å². The Morgan fingerprint density at radius 1 is 1.03 bits per heavy atom. The van der Waals surface area contributed by atoms with Crippen LogP contribution in [0.3, 0.4) is 0 Å². The van der Waals surface area contributed by atoms with Gasteiger partial charge in [0.05, 0.1) is 26.5 Å². The van der Waals surface area contributed by atoms with Crippen molar-refractivity contribution < 1.29 is 35.9 Å². The molecule has 14 heteroatoms. The number of carbonyl (C=O) groups is 2. The third-order valence-corrected chi connectivity index (χ3v) is 6.95. The molecule has 2 N–H and O–H groups in total. The number of amides is 2. The first kappa shape index (κ1) is 32.3. The molecule has 38 heavy (non-hydrogen) atoms. The van der Waals surface area contributed by atoms with Crippen LogP contribution in [0.15, 0.2) is 40.9 Å². The number of alkyl halides is 6. The topological polar surface area (TPSA) is 58.2 Å². The fourth-order valence-corrected chi connectivity index (χ4v) is 4.48. The Kier molecular flexibility index (Phi) is 11.4. The Bertz CT molecular complexity index is 1180. The molecule has 2 rings (SSSR count). The minimum Gasteiger partial charge on any atom is -0.345 e. The van der Waals surface area contributed by atoms with Crippen LogP contribution < -0.4 is 10.6 Å². The minimum atomic E-state index is -4.69. The van der Waals surface area contributed by atoms with Crippen molar-refractivity contribution in [2.24, 2.45) is 0 Å². The van der Waals surface area contributed by atoms with Crippen LogP contribution in [-0.2, 0) is 4.79 Å². The molecule has 2 atom stereocenters. The molecule has 0 aliphatic heterocycles. The van der Waals surface area contributed by atoms with Crippen LogP contribution in [0.25, 0.3) is 6.08 Å². The van der Waals surface area contributed by atoms with E-state index in [2.05, 4.69) is 21.2 Å². The number of rotatable bonds is 9. The number of allylic oxidation sites excluding steroid dienone is 1. The molecule has 2 unspecified atom stereocenters. The van der Waals surface area contributed by atoms with Crippen LogP contribution >= 0.6 is 50.7 Å². The lowest BCUT2D eigenvalue weighted by atomic mass is 9.97. The Morgan fingerprint density at radius 3 is 2.13 bits per heavy atom. The lowest BCUT2D eigenvalue weighted by Gasteiger charge is -2.19. The van der Waals surface area contributed by atoms with Crippen LogP contribution in [0.1, 0.15) is 47.2 Å². The van der Waals surface area contributed by atoms with Gasteiger partial charge in [-0.25, -0.2) is 0 Å². The van der Waals surface area contributed by atoms with E-state index in [4.69, 9.17) is 34.8 Å². The van der Waals surface area contributed by atoms with Crippen LogP contribution in [0.2, 0.25) is 15.1 Å². The highest BCUT2D eigenvalue weighted by Crippen LogP contribution is 2.41. The summed E-state index contributed by atoms with van der Waals surface area (Å²) in [4.78, 5) is 24.8. The second-order valence-electron chi connectivity index (χ2n) is 8.06. The first-order valence-corrected chi connectivity index (χ1v) is 12.8. The summed E-state index contributed by atoms with van der Waals surface area (Å²) < 4.78 is 78.7. The molecule has 0 spiro atoms. The quantitative estimate of drug-likeness (QED) is 0.209. The van der Waals surface area contributed by atoms with Gasteiger partial charge in [-0.3, -0.25) is 9.59 Å². The van der Waals surface area contributed by atoms with Crippen LogP contribution in [0, 0.1) is 0 Å². The molecule has 0 saturated heterocycles. The van der Waals surface area contributed by atoms with Gasteiger partial charge >= 0.3 is 12.4 Å². The molecular weight excluding hydrogens is 649 g/mol. The fourth-order valence-electron chi connectivity index (χ4n) is 3.29. The van der Waals surface area contributed by atoms with Gasteiger partial charge in [-0.05, 0) is 57.7 Å². The van der Waals surface area contributed by atoms with Crippen LogP contribution in [-0.4, -0.2) is 36.8 Å². The largest absolute Gasteiger partial charge is 0.405 e. The number of halogens is 10. The van der Waals surface area contributed by atoms with Crippen LogP contribution in [0.4, 0.5) is 26.3 Å². The van der Waals surface area contributed by atoms with Gasteiger partial charge in [-0.1, -0.05) is 66.4 Å². The Hall–Kier alpha value is -1.95. The monoisotopic (exact) mass is 666 g/mol. The maximum absolute atomic E-state index is 13.8. The number of benzene rings is 2. The van der Waals surface area contributed by atoms with Gasteiger partial charge in [0.2, 0.25) is 5.91 Å². The summed E-state index contributed by atoms with van der Waals surface area (Å²) in [5, 5.41) is 3.78. The maximum Gasteiger partial charge on any atom is 0.405 e. The third-order valence-electron chi connectivity index (χ3n) is 5.10. The van der Waals surface area contributed by atoms with E-state index in [0.717, 1.165) is 18.2 Å². The number of carbonyl (C=O) groups excluding carboxylic acids is 2. The van der Waals surface area contributed by atoms with E-state index in [1.165, 1.54) is 24.3 Å². The van der Waals surface area contributed by atoms with Gasteiger partial charge in [0.1, 0.15) is 12.6 Å². The summed E-state index contributed by atoms with van der Waals surface area (Å²) in [5.41, 5.74) is 0.0892. The van der Waals surface area contributed by atoms with Crippen molar-refractivity contribution in [3.63, 3.8) is 0 Å². The zero-order valence-electron chi connectivity index (χ0n) is 19.4. The minimum absolute atomic E-state index is 0.0236. The Balaban J connectivity index is 2.24. The molecular formula is C24H20BrCl3F6N2O2. The van der Waals surface area contributed by atoms with Gasteiger partial charge in [-0.2, -0.15) is 26.3 Å². The highest BCUT2D eigenvalue weighted by atomic mass is 79.9. The van der Waals surface area contributed by atoms with Crippen molar-refractivity contribution in [1.82, 2.24) is 10.6 Å². The van der Waals surface area contributed by atoms with Crippen molar-refractivity contribution >= 4 is 68.6 Å². The Morgan fingerprint density at radius 2 is 1.63 bits per heavy atom. The average Bonchev–Trinajstić information content (AvgIpc) is 2.79. The van der Waals surface area contributed by atoms with Crippen LogP contribution in [0.5, 0.6) is 0 Å². The molecule has 0 aromatic heterocycles. The highest BCUT2D eigenvalue weighted by molar-refractivity contribution is 9.10. The normalized spacial score (nSPS) is 13.9. The summed E-state index contributed by atoms with van der Waals surface area (Å²) >= 11 is 20.8. The summed E-state index contributed by atoms with van der Waals surface area (Å²) in [5.74, 6) is -3.82. The SMILES string of the molecule is CCCC(NC(=O)c1ccc(C=CC(c2cc(Cl)c(Cl)c(Cl)c2)C(F)(F)F)cc1Br)C(=O)NCC(F)(F)F. The van der Waals surface area contributed by atoms with E-state index in [0.29, 0.717) is 12.0 Å². The number of nitrogens with one attached hydrogen (secondary N) is 2. The average molecular weight is 669 g/mol. The predicted molar refractivity (Wildman–Crippen MR) is 139 cm³/mol. The molecule has 2 aromatic carbocycles. The smallest absolute Gasteiger partial charge is 0.345 e. The van der Waals surface area contributed by atoms with Crippen molar-refractivity contribution in [1.29, 1.82) is 0 Å². The number of hydrogen-bond acceptors (Lipinski definition) is 2. The molecule has 208 valence electrons. The lowest BCUT2D eigenvalue weighted by molar-refractivity contribution is -0.139. The van der Waals surface area contributed by atoms with Gasteiger partial charge in [0, 0.05) is 4.47 Å². The molecule has 0 saturated carbocycles.